The number of ether oxygens (including phenoxy) is 2. The number of hydrogen-bond donors (Lipinski definition) is 1. The molecule has 1 aliphatic rings. The summed E-state index contributed by atoms with van der Waals surface area (Å²) in [6.07, 6.45) is 2.31. The Balaban J connectivity index is 1.44. The third kappa shape index (κ3) is 5.04. The van der Waals surface area contributed by atoms with E-state index in [1.165, 1.54) is 0 Å². The van der Waals surface area contributed by atoms with Gasteiger partial charge >= 0.3 is 0 Å². The molecule has 1 aliphatic heterocycles. The highest BCUT2D eigenvalue weighted by molar-refractivity contribution is 5.94. The zero-order valence-electron chi connectivity index (χ0n) is 16.3. The van der Waals surface area contributed by atoms with Gasteiger partial charge in [0.1, 0.15) is 12.4 Å². The first-order valence-electron chi connectivity index (χ1n) is 10.0. The van der Waals surface area contributed by atoms with Gasteiger partial charge in [-0.2, -0.15) is 0 Å². The van der Waals surface area contributed by atoms with Crippen molar-refractivity contribution in [2.45, 2.75) is 25.0 Å². The molecule has 4 rings (SSSR count). The summed E-state index contributed by atoms with van der Waals surface area (Å²) in [6.45, 7) is 1.37. The van der Waals surface area contributed by atoms with E-state index in [9.17, 15) is 4.79 Å². The summed E-state index contributed by atoms with van der Waals surface area (Å²) in [6, 6.07) is 27.1. The zero-order chi connectivity index (χ0) is 19.9. The molecule has 1 amide bonds. The lowest BCUT2D eigenvalue weighted by Crippen LogP contribution is -2.29. The highest BCUT2D eigenvalue weighted by Crippen LogP contribution is 2.23. The van der Waals surface area contributed by atoms with Crippen molar-refractivity contribution in [1.29, 1.82) is 0 Å². The Kier molecular flexibility index (Phi) is 6.22. The Morgan fingerprint density at radius 3 is 2.10 bits per heavy atom. The van der Waals surface area contributed by atoms with Crippen LogP contribution in [-0.2, 0) is 4.74 Å². The molecule has 29 heavy (non-hydrogen) atoms. The van der Waals surface area contributed by atoms with E-state index < -0.39 is 0 Å². The van der Waals surface area contributed by atoms with E-state index in [1.807, 2.05) is 72.8 Å². The minimum Gasteiger partial charge on any atom is -0.491 e. The lowest BCUT2D eigenvalue weighted by atomic mass is 9.98. The van der Waals surface area contributed by atoms with E-state index >= 15 is 0 Å². The second-order valence-corrected chi connectivity index (χ2v) is 7.20. The van der Waals surface area contributed by atoms with Gasteiger partial charge < -0.3 is 14.8 Å². The molecule has 4 nitrogen and oxygen atoms in total. The Bertz CT molecular complexity index is 864. The van der Waals surface area contributed by atoms with Crippen LogP contribution < -0.4 is 10.1 Å². The van der Waals surface area contributed by atoms with Gasteiger partial charge in [0.2, 0.25) is 0 Å². The molecule has 0 aliphatic carbocycles. The van der Waals surface area contributed by atoms with Crippen LogP contribution in [0.1, 0.15) is 40.4 Å². The van der Waals surface area contributed by atoms with Crippen molar-refractivity contribution in [2.24, 2.45) is 0 Å². The van der Waals surface area contributed by atoms with Crippen molar-refractivity contribution in [3.05, 3.63) is 102 Å². The fourth-order valence-corrected chi connectivity index (χ4v) is 3.53. The van der Waals surface area contributed by atoms with Gasteiger partial charge in [-0.3, -0.25) is 4.79 Å². The summed E-state index contributed by atoms with van der Waals surface area (Å²) in [7, 11) is 0. The van der Waals surface area contributed by atoms with Crippen LogP contribution in [0.15, 0.2) is 84.9 Å². The van der Waals surface area contributed by atoms with Crippen molar-refractivity contribution in [1.82, 2.24) is 5.32 Å². The van der Waals surface area contributed by atoms with Gasteiger partial charge in [-0.25, -0.2) is 0 Å². The van der Waals surface area contributed by atoms with Crippen LogP contribution in [0.4, 0.5) is 0 Å². The molecule has 3 aromatic rings. The van der Waals surface area contributed by atoms with E-state index in [0.717, 1.165) is 36.3 Å². The van der Waals surface area contributed by atoms with Crippen molar-refractivity contribution in [3.8, 4) is 5.75 Å². The first-order chi connectivity index (χ1) is 14.3. The molecule has 0 radical (unpaired) electrons. The van der Waals surface area contributed by atoms with Crippen LogP contribution in [-0.4, -0.2) is 25.2 Å². The third-order valence-corrected chi connectivity index (χ3v) is 5.12. The number of benzene rings is 3. The summed E-state index contributed by atoms with van der Waals surface area (Å²) >= 11 is 0. The molecule has 0 unspecified atom stereocenters. The molecule has 0 saturated carbocycles. The quantitative estimate of drug-likeness (QED) is 0.636. The standard InChI is InChI=1S/C25H25NO3/c27-25(21-13-15-22(16-14-21)29-18-23-12-7-17-28-23)26-24(19-8-3-1-4-9-19)20-10-5-2-6-11-20/h1-6,8-11,13-16,23-24H,7,12,17-18H2,(H,26,27)/t23-/m0/s1. The van der Waals surface area contributed by atoms with E-state index in [4.69, 9.17) is 9.47 Å². The lowest BCUT2D eigenvalue weighted by Gasteiger charge is -2.20. The normalized spacial score (nSPS) is 16.0. The highest BCUT2D eigenvalue weighted by Gasteiger charge is 2.18. The SMILES string of the molecule is O=C(NC(c1ccccc1)c1ccccc1)c1ccc(OC[C@@H]2CCCO2)cc1. The predicted octanol–water partition coefficient (Wildman–Crippen LogP) is 4.76. The van der Waals surface area contributed by atoms with E-state index in [1.54, 1.807) is 12.1 Å². The maximum absolute atomic E-state index is 12.9. The number of nitrogens with one attached hydrogen (secondary N) is 1. The summed E-state index contributed by atoms with van der Waals surface area (Å²) in [4.78, 5) is 12.9. The minimum atomic E-state index is -0.208. The zero-order valence-corrected chi connectivity index (χ0v) is 16.3. The molecule has 1 atom stereocenters. The predicted molar refractivity (Wildman–Crippen MR) is 113 cm³/mol. The van der Waals surface area contributed by atoms with Crippen molar-refractivity contribution < 1.29 is 14.3 Å². The molecule has 0 aromatic heterocycles. The summed E-state index contributed by atoms with van der Waals surface area (Å²) < 4.78 is 11.4. The Morgan fingerprint density at radius 2 is 1.55 bits per heavy atom. The van der Waals surface area contributed by atoms with Crippen molar-refractivity contribution in [3.63, 3.8) is 0 Å². The second kappa shape index (κ2) is 9.39. The summed E-state index contributed by atoms with van der Waals surface area (Å²) in [5, 5.41) is 3.16. The van der Waals surface area contributed by atoms with Gasteiger partial charge in [0, 0.05) is 12.2 Å². The van der Waals surface area contributed by atoms with Crippen LogP contribution in [0.3, 0.4) is 0 Å². The Labute approximate surface area is 171 Å². The van der Waals surface area contributed by atoms with Crippen LogP contribution in [0.5, 0.6) is 5.75 Å². The van der Waals surface area contributed by atoms with E-state index in [2.05, 4.69) is 5.32 Å². The number of rotatable bonds is 7. The Morgan fingerprint density at radius 1 is 0.931 bits per heavy atom. The van der Waals surface area contributed by atoms with Gasteiger partial charge in [0.05, 0.1) is 12.1 Å². The Hall–Kier alpha value is -3.11. The molecule has 1 saturated heterocycles. The maximum atomic E-state index is 12.9. The fourth-order valence-electron chi connectivity index (χ4n) is 3.53. The van der Waals surface area contributed by atoms with Gasteiger partial charge in [0.25, 0.3) is 5.91 Å². The molecule has 1 N–H and O–H groups in total. The molecular weight excluding hydrogens is 362 g/mol. The van der Waals surface area contributed by atoms with Crippen molar-refractivity contribution >= 4 is 5.91 Å². The monoisotopic (exact) mass is 387 g/mol. The summed E-state index contributed by atoms with van der Waals surface area (Å²) in [5.41, 5.74) is 2.69. The summed E-state index contributed by atoms with van der Waals surface area (Å²) in [5.74, 6) is 0.633. The number of carbonyl (C=O) groups is 1. The first-order valence-corrected chi connectivity index (χ1v) is 10.0. The highest BCUT2D eigenvalue weighted by atomic mass is 16.5. The fraction of sp³-hybridized carbons (Fsp3) is 0.240. The molecular formula is C25H25NO3. The van der Waals surface area contributed by atoms with Crippen LogP contribution >= 0.6 is 0 Å². The molecule has 148 valence electrons. The van der Waals surface area contributed by atoms with Gasteiger partial charge in [-0.15, -0.1) is 0 Å². The average Bonchev–Trinajstić information content (AvgIpc) is 3.31. The number of amides is 1. The maximum Gasteiger partial charge on any atom is 0.252 e. The second-order valence-electron chi connectivity index (χ2n) is 7.20. The van der Waals surface area contributed by atoms with Crippen LogP contribution in [0, 0.1) is 0 Å². The molecule has 3 aromatic carbocycles. The average molecular weight is 387 g/mol. The number of carbonyl (C=O) groups excluding carboxylic acids is 1. The van der Waals surface area contributed by atoms with E-state index in [0.29, 0.717) is 12.2 Å². The molecule has 0 spiro atoms. The molecule has 4 heteroatoms. The topological polar surface area (TPSA) is 47.6 Å². The lowest BCUT2D eigenvalue weighted by molar-refractivity contribution is 0.0679. The van der Waals surface area contributed by atoms with Gasteiger partial charge in [-0.05, 0) is 48.2 Å². The minimum absolute atomic E-state index is 0.117. The third-order valence-electron chi connectivity index (χ3n) is 5.12. The van der Waals surface area contributed by atoms with Gasteiger partial charge in [-0.1, -0.05) is 60.7 Å². The smallest absolute Gasteiger partial charge is 0.252 e. The van der Waals surface area contributed by atoms with E-state index in [-0.39, 0.29) is 18.1 Å². The van der Waals surface area contributed by atoms with Crippen LogP contribution in [0.25, 0.3) is 0 Å². The number of hydrogen-bond acceptors (Lipinski definition) is 3. The molecule has 1 fully saturated rings. The van der Waals surface area contributed by atoms with Gasteiger partial charge in [0.15, 0.2) is 0 Å². The molecule has 0 bridgehead atoms. The van der Waals surface area contributed by atoms with Crippen LogP contribution in [0.2, 0.25) is 0 Å². The van der Waals surface area contributed by atoms with Crippen molar-refractivity contribution in [2.75, 3.05) is 13.2 Å². The first kappa shape index (κ1) is 19.2. The molecule has 1 heterocycles. The largest absolute Gasteiger partial charge is 0.491 e.